The summed E-state index contributed by atoms with van der Waals surface area (Å²) in [6.07, 6.45) is 21.7. The fraction of sp³-hybridized carbons (Fsp3) is 0.155. The van der Waals surface area contributed by atoms with Crippen LogP contribution in [0.3, 0.4) is 0 Å². The van der Waals surface area contributed by atoms with Crippen LogP contribution >= 0.6 is 0 Å². The van der Waals surface area contributed by atoms with Gasteiger partial charge in [-0.1, -0.05) is 158 Å². The average Bonchev–Trinajstić information content (AvgIpc) is 1.56. The number of aryl methyl sites for hydroxylation is 2. The number of methoxy groups -OCH3 is 2. The van der Waals surface area contributed by atoms with Gasteiger partial charge < -0.3 is 38.9 Å². The second-order valence-corrected chi connectivity index (χ2v) is 29.7. The van der Waals surface area contributed by atoms with E-state index in [-0.39, 0.29) is 11.2 Å². The third kappa shape index (κ3) is 13.4. The molecule has 6 aromatic heterocycles. The lowest BCUT2D eigenvalue weighted by Gasteiger charge is -2.22. The van der Waals surface area contributed by atoms with Crippen LogP contribution in [0.5, 0.6) is 11.5 Å². The van der Waals surface area contributed by atoms with Gasteiger partial charge in [-0.3, -0.25) is 0 Å². The van der Waals surface area contributed by atoms with Crippen molar-refractivity contribution in [3.05, 3.63) is 287 Å². The molecule has 13 aromatic rings. The normalized spacial score (nSPS) is 13.0. The Morgan fingerprint density at radius 2 is 0.670 bits per heavy atom. The van der Waals surface area contributed by atoms with Gasteiger partial charge in [0.15, 0.2) is 0 Å². The van der Waals surface area contributed by atoms with Gasteiger partial charge in [-0.25, -0.2) is 19.9 Å². The SMILES string of the molecule is COC(C)(C)CCOc1ccc(-c2c3nc(c(-c4cc5c(cc4-c4cc6[nH]c4c(-c4ccccc4)c4nc(c(-c7ccccc7)c7ccc([nH]7)c(-c7ccccc7)c7nc(c6-c6ccccc6)C=C7)C=C4)CCC5)c4ccc([nH]4)c(-c4ccc(OCCC(C)(C)OC)cc4)c4nc(cc5ccc2[nH]5)C=C4)C=C3)cc1. The zero-order chi connectivity index (χ0) is 73.7. The summed E-state index contributed by atoms with van der Waals surface area (Å²) in [6.45, 7) is 9.34. The molecule has 109 heavy (non-hydrogen) atoms. The molecular weight excluding hydrogens is 1340 g/mol. The van der Waals surface area contributed by atoms with Gasteiger partial charge in [0.1, 0.15) is 11.5 Å². The second-order valence-electron chi connectivity index (χ2n) is 29.7. The third-order valence-corrected chi connectivity index (χ3v) is 21.8. The Morgan fingerprint density at radius 1 is 0.312 bits per heavy atom. The van der Waals surface area contributed by atoms with Crippen molar-refractivity contribution in [1.82, 2.24) is 39.9 Å². The molecule has 7 aromatic carbocycles. The summed E-state index contributed by atoms with van der Waals surface area (Å²) in [5, 5.41) is 0. The number of fused-ring (bicyclic) bond motifs is 17. The summed E-state index contributed by atoms with van der Waals surface area (Å²) in [7, 11) is 3.49. The van der Waals surface area contributed by atoms with Gasteiger partial charge in [-0.05, 0) is 224 Å². The lowest BCUT2D eigenvalue weighted by molar-refractivity contribution is 0.00511. The van der Waals surface area contributed by atoms with E-state index >= 15 is 0 Å². The van der Waals surface area contributed by atoms with Gasteiger partial charge in [0.25, 0.3) is 0 Å². The van der Waals surface area contributed by atoms with Crippen molar-refractivity contribution >= 4 is 92.7 Å². The molecule has 0 fully saturated rings. The molecule has 5 aliphatic rings. The van der Waals surface area contributed by atoms with E-state index in [1.807, 2.05) is 0 Å². The summed E-state index contributed by atoms with van der Waals surface area (Å²) in [6, 6.07) is 82.0. The molecule has 16 bridgehead atoms. The molecule has 0 saturated carbocycles. The van der Waals surface area contributed by atoms with Gasteiger partial charge in [-0.15, -0.1) is 0 Å². The first-order chi connectivity index (χ1) is 53.3. The molecule has 12 nitrogen and oxygen atoms in total. The monoisotopic (exact) mass is 1420 g/mol. The van der Waals surface area contributed by atoms with Crippen LogP contribution in [0.15, 0.2) is 231 Å². The molecule has 0 unspecified atom stereocenters. The Balaban J connectivity index is 0.954. The summed E-state index contributed by atoms with van der Waals surface area (Å²) >= 11 is 0. The van der Waals surface area contributed by atoms with Gasteiger partial charge in [0.05, 0.1) is 75.5 Å². The Labute approximate surface area is 634 Å². The highest BCUT2D eigenvalue weighted by atomic mass is 16.5. The van der Waals surface area contributed by atoms with Crippen LogP contribution in [-0.4, -0.2) is 78.5 Å². The van der Waals surface area contributed by atoms with Crippen molar-refractivity contribution in [2.75, 3.05) is 27.4 Å². The summed E-state index contributed by atoms with van der Waals surface area (Å²) in [4.78, 5) is 39.1. The molecular formula is C97H82N8O4. The van der Waals surface area contributed by atoms with Crippen LogP contribution in [0.1, 0.15) is 104 Å². The molecule has 1 aliphatic carbocycles. The first-order valence-corrected chi connectivity index (χ1v) is 37.6. The molecule has 10 heterocycles. The van der Waals surface area contributed by atoms with Crippen LogP contribution in [0.2, 0.25) is 0 Å². The third-order valence-electron chi connectivity index (χ3n) is 21.8. The number of hydrogen-bond acceptors (Lipinski definition) is 8. The minimum Gasteiger partial charge on any atom is -0.493 e. The Morgan fingerprint density at radius 3 is 1.12 bits per heavy atom. The summed E-state index contributed by atoms with van der Waals surface area (Å²) < 4.78 is 24.2. The Kier molecular flexibility index (Phi) is 17.8. The maximum atomic E-state index is 6.38. The fourth-order valence-electron chi connectivity index (χ4n) is 15.7. The maximum absolute atomic E-state index is 6.38. The smallest absolute Gasteiger partial charge is 0.119 e. The number of rotatable bonds is 18. The quantitative estimate of drug-likeness (QED) is 0.0663. The lowest BCUT2D eigenvalue weighted by Crippen LogP contribution is -2.25. The predicted octanol–water partition coefficient (Wildman–Crippen LogP) is 23.8. The van der Waals surface area contributed by atoms with Gasteiger partial charge in [0, 0.05) is 110 Å². The molecule has 4 N–H and O–H groups in total. The van der Waals surface area contributed by atoms with Crippen LogP contribution in [-0.2, 0) is 22.3 Å². The molecule has 0 amide bonds. The molecule has 0 radical (unpaired) electrons. The van der Waals surface area contributed by atoms with Crippen LogP contribution < -0.4 is 9.47 Å². The number of nitrogens with one attached hydrogen (secondary N) is 4. The van der Waals surface area contributed by atoms with E-state index in [4.69, 9.17) is 38.9 Å². The van der Waals surface area contributed by atoms with Gasteiger partial charge >= 0.3 is 0 Å². The predicted molar refractivity (Wildman–Crippen MR) is 449 cm³/mol. The number of aromatic amines is 4. The van der Waals surface area contributed by atoms with Crippen molar-refractivity contribution < 1.29 is 18.9 Å². The van der Waals surface area contributed by atoms with E-state index in [0.29, 0.717) is 13.2 Å². The van der Waals surface area contributed by atoms with Crippen LogP contribution in [0, 0.1) is 0 Å². The molecule has 12 heteroatoms. The lowest BCUT2D eigenvalue weighted by atomic mass is 9.89. The van der Waals surface area contributed by atoms with Crippen molar-refractivity contribution in [3.8, 4) is 101 Å². The first kappa shape index (κ1) is 68.1. The molecule has 0 atom stereocenters. The minimum absolute atomic E-state index is 0.316. The van der Waals surface area contributed by atoms with E-state index in [9.17, 15) is 0 Å². The molecule has 18 rings (SSSR count). The summed E-state index contributed by atoms with van der Waals surface area (Å²) in [5.74, 6) is 1.55. The van der Waals surface area contributed by atoms with E-state index in [1.54, 1.807) is 14.2 Å². The zero-order valence-electron chi connectivity index (χ0n) is 61.9. The minimum atomic E-state index is -0.316. The molecule has 534 valence electrons. The van der Waals surface area contributed by atoms with E-state index < -0.39 is 0 Å². The maximum Gasteiger partial charge on any atom is 0.119 e. The number of nitrogens with zero attached hydrogens (tertiary/aromatic N) is 4. The topological polar surface area (TPSA) is 152 Å². The average molecular weight is 1420 g/mol. The van der Waals surface area contributed by atoms with Gasteiger partial charge in [-0.2, -0.15) is 0 Å². The number of H-pyrrole nitrogens is 4. The highest BCUT2D eigenvalue weighted by Crippen LogP contribution is 2.48. The van der Waals surface area contributed by atoms with E-state index in [0.717, 1.165) is 222 Å². The number of hydrogen-bond donors (Lipinski definition) is 4. The second kappa shape index (κ2) is 28.5. The molecule has 4 aliphatic heterocycles. The highest BCUT2D eigenvalue weighted by molar-refractivity contribution is 6.09. The van der Waals surface area contributed by atoms with Crippen molar-refractivity contribution in [3.63, 3.8) is 0 Å². The number of aromatic nitrogens is 8. The highest BCUT2D eigenvalue weighted by Gasteiger charge is 2.28. The largest absolute Gasteiger partial charge is 0.493 e. The molecule has 0 saturated heterocycles. The van der Waals surface area contributed by atoms with E-state index in [2.05, 4.69) is 327 Å². The number of ether oxygens (including phenoxy) is 4. The Hall–Kier alpha value is -12.7. The van der Waals surface area contributed by atoms with E-state index in [1.165, 1.54) is 11.1 Å². The van der Waals surface area contributed by atoms with Gasteiger partial charge in [0.2, 0.25) is 0 Å². The fourth-order valence-corrected chi connectivity index (χ4v) is 15.7. The zero-order valence-corrected chi connectivity index (χ0v) is 61.9. The first-order valence-electron chi connectivity index (χ1n) is 37.6. The van der Waals surface area contributed by atoms with Crippen LogP contribution in [0.25, 0.3) is 182 Å². The number of benzene rings is 7. The van der Waals surface area contributed by atoms with Crippen molar-refractivity contribution in [1.29, 1.82) is 0 Å². The van der Waals surface area contributed by atoms with Crippen molar-refractivity contribution in [2.24, 2.45) is 0 Å². The van der Waals surface area contributed by atoms with Crippen LogP contribution in [0.4, 0.5) is 0 Å². The Bertz CT molecular complexity index is 6130. The summed E-state index contributed by atoms with van der Waals surface area (Å²) in [5.41, 5.74) is 31.6. The molecule has 0 spiro atoms. The van der Waals surface area contributed by atoms with Crippen molar-refractivity contribution in [2.45, 2.75) is 71.0 Å². The standard InChI is InChI=1S/C97H82N8O4/c1-96(2,106-5)52-54-108-70-36-30-64(31-37-70)90-75-40-34-68(98-75)58-69-35-41-76(99-69)91(65-32-38-71(39-33-65)109-55-53-97(3,4)107-6)82-48-51-86(104-82)94(85-50-47-81(90)103-85)73-57-67-29-19-28-66(67)56-72(73)74-59-87-92(62-24-15-9-16-25-62)83-45-44-79(101-83)88(60-20-11-7-12-21-60)77-42-43-78(100-77)89(61-22-13-8-14-23-61)80-46-49-84(102-80)93(95(74)105-87)63-26-17-10-18-27-63/h7-18,20-27,30-51,56-59,98,100,104-105H,19,28-29,52-55H2,1-6H3.